The number of nitrogens with zero attached hydrogens (tertiary/aromatic N) is 2. The predicted octanol–water partition coefficient (Wildman–Crippen LogP) is 4.47. The van der Waals surface area contributed by atoms with Gasteiger partial charge < -0.3 is 49.6 Å². The second kappa shape index (κ2) is 19.5. The fourth-order valence-electron chi connectivity index (χ4n) is 6.79. The molecule has 2 amide bonds. The summed E-state index contributed by atoms with van der Waals surface area (Å²) in [4.78, 5) is 53.0. The van der Waals surface area contributed by atoms with Gasteiger partial charge in [-0.15, -0.1) is 0 Å². The number of hydrogen-bond donors (Lipinski definition) is 4. The van der Waals surface area contributed by atoms with E-state index in [0.717, 1.165) is 11.1 Å². The Balaban J connectivity index is 1.21. The molecule has 58 heavy (non-hydrogen) atoms. The number of aliphatic hydroxyl groups excluding tert-OH is 2. The highest BCUT2D eigenvalue weighted by Crippen LogP contribution is 2.45. The Kier molecular flexibility index (Phi) is 14.2. The van der Waals surface area contributed by atoms with Crippen molar-refractivity contribution < 1.29 is 48.3 Å². The highest BCUT2D eigenvalue weighted by Gasteiger charge is 2.29. The first kappa shape index (κ1) is 42.4. The normalized spacial score (nSPS) is 14.5. The summed E-state index contributed by atoms with van der Waals surface area (Å²) < 4.78 is 21.7. The zero-order valence-corrected chi connectivity index (χ0v) is 33.5. The van der Waals surface area contributed by atoms with Crippen molar-refractivity contribution in [2.24, 2.45) is 0 Å². The summed E-state index contributed by atoms with van der Waals surface area (Å²) in [5.74, 6) is -0.657. The maximum Gasteiger partial charge on any atom is 0.325 e. The molecule has 14 nitrogen and oxygen atoms in total. The largest absolute Gasteiger partial charge is 0.482 e. The molecule has 2 aliphatic rings. The van der Waals surface area contributed by atoms with Crippen LogP contribution < -0.4 is 29.9 Å². The lowest BCUT2D eigenvalue weighted by molar-refractivity contribution is -0.147. The number of aliphatic hydroxyl groups is 2. The van der Waals surface area contributed by atoms with E-state index >= 15 is 0 Å². The summed E-state index contributed by atoms with van der Waals surface area (Å²) in [6.45, 7) is 3.43. The fraction of sp³-hybridized carbons (Fsp3) is 0.333. The SMILES string of the molecule is CCOC(=O)C(CO)NCCN1C(=O)COc2cc(-c3cccc(-c4cccc(-c5ccc6c(c5)OCC(=O)N6CCNC(CO)C(=O)OCC)c4Cl)c3Cl)ccc21. The molecule has 0 spiro atoms. The summed E-state index contributed by atoms with van der Waals surface area (Å²) in [6, 6.07) is 20.4. The minimum Gasteiger partial charge on any atom is -0.482 e. The topological polar surface area (TPSA) is 176 Å². The van der Waals surface area contributed by atoms with Crippen LogP contribution in [-0.2, 0) is 28.7 Å². The highest BCUT2D eigenvalue weighted by atomic mass is 35.5. The van der Waals surface area contributed by atoms with Gasteiger partial charge in [0, 0.05) is 48.4 Å². The van der Waals surface area contributed by atoms with Crippen LogP contribution >= 0.6 is 23.2 Å². The molecule has 4 N–H and O–H groups in total. The fourth-order valence-corrected chi connectivity index (χ4v) is 7.47. The summed E-state index contributed by atoms with van der Waals surface area (Å²) in [5.41, 5.74) is 5.43. The molecule has 4 aromatic carbocycles. The molecule has 2 aliphatic heterocycles. The number of benzene rings is 4. The van der Waals surface area contributed by atoms with E-state index in [4.69, 9.17) is 42.1 Å². The average Bonchev–Trinajstić information content (AvgIpc) is 3.22. The van der Waals surface area contributed by atoms with Gasteiger partial charge in [-0.05, 0) is 49.2 Å². The Morgan fingerprint density at radius 2 is 1.07 bits per heavy atom. The van der Waals surface area contributed by atoms with Gasteiger partial charge in [0.25, 0.3) is 11.8 Å². The highest BCUT2D eigenvalue weighted by molar-refractivity contribution is 6.39. The molecule has 4 aromatic rings. The van der Waals surface area contributed by atoms with E-state index in [-0.39, 0.29) is 64.4 Å². The van der Waals surface area contributed by atoms with E-state index in [0.29, 0.717) is 55.2 Å². The second-order valence-corrected chi connectivity index (χ2v) is 14.0. The number of hydrogen-bond acceptors (Lipinski definition) is 12. The van der Waals surface area contributed by atoms with Crippen molar-refractivity contribution in [1.29, 1.82) is 0 Å². The first-order chi connectivity index (χ1) is 28.1. The van der Waals surface area contributed by atoms with Crippen LogP contribution in [0.25, 0.3) is 33.4 Å². The third-order valence-corrected chi connectivity index (χ3v) is 10.5. The van der Waals surface area contributed by atoms with Gasteiger partial charge in [-0.3, -0.25) is 19.2 Å². The van der Waals surface area contributed by atoms with Crippen LogP contribution in [-0.4, -0.2) is 112 Å². The number of amides is 2. The molecule has 0 fully saturated rings. The number of fused-ring (bicyclic) bond motifs is 2. The third kappa shape index (κ3) is 9.23. The molecular weight excluding hydrogens is 791 g/mol. The van der Waals surface area contributed by atoms with Crippen LogP contribution in [0.15, 0.2) is 72.8 Å². The molecule has 0 saturated carbocycles. The van der Waals surface area contributed by atoms with Crippen LogP contribution in [0.4, 0.5) is 11.4 Å². The molecule has 0 saturated heterocycles. The molecule has 2 atom stereocenters. The Morgan fingerprint density at radius 3 is 1.45 bits per heavy atom. The molecule has 0 bridgehead atoms. The van der Waals surface area contributed by atoms with Crippen molar-refractivity contribution >= 4 is 58.3 Å². The molecular formula is C42H44Cl2N4O10. The lowest BCUT2D eigenvalue weighted by atomic mass is 9.95. The minimum absolute atomic E-state index is 0.171. The van der Waals surface area contributed by atoms with E-state index in [1.54, 1.807) is 35.8 Å². The van der Waals surface area contributed by atoms with Crippen LogP contribution in [0.1, 0.15) is 13.8 Å². The van der Waals surface area contributed by atoms with Gasteiger partial charge in [-0.2, -0.15) is 0 Å². The van der Waals surface area contributed by atoms with E-state index in [2.05, 4.69) is 10.6 Å². The third-order valence-electron chi connectivity index (χ3n) is 9.67. The Hall–Kier alpha value is -5.22. The summed E-state index contributed by atoms with van der Waals surface area (Å²) in [7, 11) is 0. The Labute approximate surface area is 345 Å². The maximum atomic E-state index is 12.9. The predicted molar refractivity (Wildman–Crippen MR) is 219 cm³/mol. The van der Waals surface area contributed by atoms with E-state index in [9.17, 15) is 29.4 Å². The number of rotatable bonds is 17. The van der Waals surface area contributed by atoms with Crippen LogP contribution in [0.3, 0.4) is 0 Å². The van der Waals surface area contributed by atoms with Gasteiger partial charge in [-0.25, -0.2) is 0 Å². The van der Waals surface area contributed by atoms with Gasteiger partial charge >= 0.3 is 11.9 Å². The number of carbonyl (C=O) groups is 4. The van der Waals surface area contributed by atoms with Crippen molar-refractivity contribution in [1.82, 2.24) is 10.6 Å². The van der Waals surface area contributed by atoms with Crippen molar-refractivity contribution in [3.8, 4) is 44.9 Å². The van der Waals surface area contributed by atoms with Crippen molar-refractivity contribution in [3.63, 3.8) is 0 Å². The van der Waals surface area contributed by atoms with Crippen LogP contribution in [0.2, 0.25) is 10.0 Å². The van der Waals surface area contributed by atoms with Crippen molar-refractivity contribution in [2.45, 2.75) is 25.9 Å². The first-order valence-corrected chi connectivity index (χ1v) is 19.6. The quantitative estimate of drug-likeness (QED) is 0.110. The monoisotopic (exact) mass is 834 g/mol. The van der Waals surface area contributed by atoms with Crippen molar-refractivity contribution in [3.05, 3.63) is 82.8 Å². The molecule has 0 aliphatic carbocycles. The summed E-state index contributed by atoms with van der Waals surface area (Å²) >= 11 is 14.3. The van der Waals surface area contributed by atoms with E-state index in [1.807, 2.05) is 60.7 Å². The number of halogens is 2. The number of anilines is 2. The molecule has 6 rings (SSSR count). The summed E-state index contributed by atoms with van der Waals surface area (Å²) in [6.07, 6.45) is 0. The van der Waals surface area contributed by atoms with Crippen molar-refractivity contribution in [2.75, 3.05) is 75.6 Å². The molecule has 16 heteroatoms. The number of ether oxygens (including phenoxy) is 4. The van der Waals surface area contributed by atoms with E-state index in [1.165, 1.54) is 0 Å². The Bertz CT molecular complexity index is 2020. The Morgan fingerprint density at radius 1 is 0.672 bits per heavy atom. The number of carbonyl (C=O) groups excluding carboxylic acids is 4. The molecule has 2 unspecified atom stereocenters. The number of nitrogens with one attached hydrogen (secondary N) is 2. The second-order valence-electron chi connectivity index (χ2n) is 13.3. The molecule has 2 heterocycles. The van der Waals surface area contributed by atoms with Gasteiger partial charge in [0.05, 0.1) is 47.8 Å². The molecule has 0 aromatic heterocycles. The van der Waals surface area contributed by atoms with Gasteiger partial charge in [0.15, 0.2) is 13.2 Å². The van der Waals surface area contributed by atoms with Crippen LogP contribution in [0.5, 0.6) is 11.5 Å². The average molecular weight is 836 g/mol. The van der Waals surface area contributed by atoms with Gasteiger partial charge in [0.2, 0.25) is 0 Å². The maximum absolute atomic E-state index is 12.9. The number of esters is 2. The lowest BCUT2D eigenvalue weighted by Crippen LogP contribution is -2.47. The zero-order chi connectivity index (χ0) is 41.3. The molecule has 0 radical (unpaired) electrons. The van der Waals surface area contributed by atoms with Gasteiger partial charge in [-0.1, -0.05) is 71.7 Å². The van der Waals surface area contributed by atoms with Crippen LogP contribution in [0, 0.1) is 0 Å². The summed E-state index contributed by atoms with van der Waals surface area (Å²) in [5, 5.41) is 26.0. The molecule has 306 valence electrons. The van der Waals surface area contributed by atoms with E-state index < -0.39 is 37.2 Å². The minimum atomic E-state index is -0.904. The lowest BCUT2D eigenvalue weighted by Gasteiger charge is -2.30. The zero-order valence-electron chi connectivity index (χ0n) is 32.0. The van der Waals surface area contributed by atoms with Gasteiger partial charge in [0.1, 0.15) is 23.6 Å². The standard InChI is InChI=1S/C42H44Cl2N4O10/c1-3-55-41(53)31(21-49)45-15-17-47-33-13-11-25(19-35(33)57-23-37(47)51)27-7-5-9-29(39(27)43)30-10-6-8-28(40(30)44)26-12-14-34-36(20-26)58-24-38(52)48(34)18-16-46-32(22-50)42(54)56-4-2/h5-14,19-20,31-32,45-46,49-50H,3-4,15-18,21-24H2,1-2H3. The smallest absolute Gasteiger partial charge is 0.325 e. The first-order valence-electron chi connectivity index (χ1n) is 18.8.